The zero-order chi connectivity index (χ0) is 19.5. The van der Waals surface area contributed by atoms with Crippen LogP contribution in [0.25, 0.3) is 0 Å². The van der Waals surface area contributed by atoms with Crippen molar-refractivity contribution in [2.75, 3.05) is 0 Å². The van der Waals surface area contributed by atoms with Gasteiger partial charge in [-0.3, -0.25) is 4.79 Å². The Balaban J connectivity index is 2.00. The maximum Gasteiger partial charge on any atom is 0.309 e. The Morgan fingerprint density at radius 1 is 1.31 bits per heavy atom. The molecular formula is C22H34O4. The van der Waals surface area contributed by atoms with Crippen molar-refractivity contribution in [1.29, 1.82) is 0 Å². The van der Waals surface area contributed by atoms with Gasteiger partial charge in [-0.2, -0.15) is 0 Å². The number of phenols is 1. The highest BCUT2D eigenvalue weighted by Crippen LogP contribution is 2.46. The minimum Gasteiger partial charge on any atom is -0.508 e. The predicted octanol–water partition coefficient (Wildman–Crippen LogP) is 4.77. The summed E-state index contributed by atoms with van der Waals surface area (Å²) in [5.74, 6) is 0.551. The number of aliphatic hydroxyl groups is 1. The van der Waals surface area contributed by atoms with E-state index in [2.05, 4.69) is 6.92 Å². The lowest BCUT2D eigenvalue weighted by Gasteiger charge is -2.41. The molecule has 0 heterocycles. The summed E-state index contributed by atoms with van der Waals surface area (Å²) in [6.45, 7) is 9.70. The molecule has 1 aliphatic rings. The minimum atomic E-state index is -0.997. The summed E-state index contributed by atoms with van der Waals surface area (Å²) < 4.78 is 5.47. The summed E-state index contributed by atoms with van der Waals surface area (Å²) in [4.78, 5) is 12.2. The SMILES string of the molecule is CC1CC(CCC(C)C(=O)OC(C)(C)C)CC(O)(c2ccccc2O)C1. The Bertz CT molecular complexity index is 619. The summed E-state index contributed by atoms with van der Waals surface area (Å²) in [5.41, 5.74) is -0.838. The fourth-order valence-corrected chi connectivity index (χ4v) is 4.19. The number of rotatable bonds is 5. The molecule has 4 nitrogen and oxygen atoms in total. The second kappa shape index (κ2) is 7.99. The van der Waals surface area contributed by atoms with Gasteiger partial charge in [0.25, 0.3) is 0 Å². The Labute approximate surface area is 157 Å². The highest BCUT2D eigenvalue weighted by atomic mass is 16.6. The molecule has 0 aliphatic heterocycles. The van der Waals surface area contributed by atoms with Crippen molar-refractivity contribution in [1.82, 2.24) is 0 Å². The van der Waals surface area contributed by atoms with Gasteiger partial charge >= 0.3 is 5.97 Å². The van der Waals surface area contributed by atoms with Crippen LogP contribution in [0.15, 0.2) is 24.3 Å². The molecule has 146 valence electrons. The third-order valence-corrected chi connectivity index (χ3v) is 5.27. The van der Waals surface area contributed by atoms with E-state index >= 15 is 0 Å². The molecule has 4 unspecified atom stereocenters. The Morgan fingerprint density at radius 3 is 2.58 bits per heavy atom. The molecule has 1 aromatic rings. The number of ether oxygens (including phenoxy) is 1. The van der Waals surface area contributed by atoms with Crippen LogP contribution < -0.4 is 0 Å². The first kappa shape index (κ1) is 20.8. The fourth-order valence-electron chi connectivity index (χ4n) is 4.19. The van der Waals surface area contributed by atoms with Crippen LogP contribution in [0.1, 0.15) is 72.3 Å². The monoisotopic (exact) mass is 362 g/mol. The van der Waals surface area contributed by atoms with Crippen molar-refractivity contribution >= 4 is 5.97 Å². The highest BCUT2D eigenvalue weighted by molar-refractivity contribution is 5.72. The number of hydrogen-bond donors (Lipinski definition) is 2. The van der Waals surface area contributed by atoms with Gasteiger partial charge in [-0.1, -0.05) is 32.0 Å². The van der Waals surface area contributed by atoms with Gasteiger partial charge in [-0.05, 0) is 70.8 Å². The van der Waals surface area contributed by atoms with Crippen LogP contribution in [0, 0.1) is 17.8 Å². The van der Waals surface area contributed by atoms with E-state index in [1.807, 2.05) is 39.8 Å². The van der Waals surface area contributed by atoms with Gasteiger partial charge < -0.3 is 14.9 Å². The van der Waals surface area contributed by atoms with E-state index in [1.165, 1.54) is 0 Å². The van der Waals surface area contributed by atoms with E-state index in [0.717, 1.165) is 19.3 Å². The van der Waals surface area contributed by atoms with E-state index in [4.69, 9.17) is 4.74 Å². The third-order valence-electron chi connectivity index (χ3n) is 5.27. The zero-order valence-corrected chi connectivity index (χ0v) is 16.8. The minimum absolute atomic E-state index is 0.148. The smallest absolute Gasteiger partial charge is 0.309 e. The first-order valence-corrected chi connectivity index (χ1v) is 9.74. The maximum atomic E-state index is 12.2. The van der Waals surface area contributed by atoms with Gasteiger partial charge in [0.2, 0.25) is 0 Å². The summed E-state index contributed by atoms with van der Waals surface area (Å²) in [7, 11) is 0. The van der Waals surface area contributed by atoms with Gasteiger partial charge in [0.1, 0.15) is 11.4 Å². The van der Waals surface area contributed by atoms with E-state index in [9.17, 15) is 15.0 Å². The molecule has 1 fully saturated rings. The van der Waals surface area contributed by atoms with Crippen molar-refractivity contribution < 1.29 is 19.7 Å². The molecule has 2 rings (SSSR count). The van der Waals surface area contributed by atoms with Crippen molar-refractivity contribution in [3.8, 4) is 5.75 Å². The summed E-state index contributed by atoms with van der Waals surface area (Å²) >= 11 is 0. The van der Waals surface area contributed by atoms with Gasteiger partial charge in [0, 0.05) is 5.56 Å². The number of aromatic hydroxyl groups is 1. The lowest BCUT2D eigenvalue weighted by molar-refractivity contribution is -0.159. The topological polar surface area (TPSA) is 66.8 Å². The second-order valence-corrected chi connectivity index (χ2v) is 9.18. The maximum absolute atomic E-state index is 12.2. The molecule has 4 atom stereocenters. The van der Waals surface area contributed by atoms with Crippen LogP contribution in [-0.4, -0.2) is 21.8 Å². The summed E-state index contributed by atoms with van der Waals surface area (Å²) in [6.07, 6.45) is 3.94. The van der Waals surface area contributed by atoms with Gasteiger partial charge in [-0.25, -0.2) is 0 Å². The number of carbonyl (C=O) groups is 1. The molecule has 2 N–H and O–H groups in total. The molecule has 1 aliphatic carbocycles. The molecule has 26 heavy (non-hydrogen) atoms. The largest absolute Gasteiger partial charge is 0.508 e. The van der Waals surface area contributed by atoms with Crippen molar-refractivity contribution in [3.63, 3.8) is 0 Å². The van der Waals surface area contributed by atoms with Gasteiger partial charge in [-0.15, -0.1) is 0 Å². The number of para-hydroxylation sites is 1. The average molecular weight is 363 g/mol. The van der Waals surface area contributed by atoms with Crippen LogP contribution in [0.4, 0.5) is 0 Å². The van der Waals surface area contributed by atoms with Crippen LogP contribution >= 0.6 is 0 Å². The number of benzene rings is 1. The summed E-state index contributed by atoms with van der Waals surface area (Å²) in [5, 5.41) is 21.4. The molecule has 1 saturated carbocycles. The molecule has 0 spiro atoms. The molecule has 0 amide bonds. The molecule has 0 aromatic heterocycles. The first-order chi connectivity index (χ1) is 12.0. The van der Waals surface area contributed by atoms with E-state index < -0.39 is 11.2 Å². The van der Waals surface area contributed by atoms with Crippen molar-refractivity contribution in [2.45, 2.75) is 77.9 Å². The number of phenolic OH excluding ortho intramolecular Hbond substituents is 1. The Hall–Kier alpha value is -1.55. The van der Waals surface area contributed by atoms with Crippen LogP contribution in [0.3, 0.4) is 0 Å². The van der Waals surface area contributed by atoms with Gasteiger partial charge in [0.05, 0.1) is 11.5 Å². The molecular weight excluding hydrogens is 328 g/mol. The quantitative estimate of drug-likeness (QED) is 0.740. The highest BCUT2D eigenvalue weighted by Gasteiger charge is 2.40. The average Bonchev–Trinajstić information content (AvgIpc) is 2.50. The van der Waals surface area contributed by atoms with Crippen LogP contribution in [0.2, 0.25) is 0 Å². The number of esters is 1. The lowest BCUT2D eigenvalue weighted by atomic mass is 9.68. The molecule has 0 bridgehead atoms. The second-order valence-electron chi connectivity index (χ2n) is 9.18. The summed E-state index contributed by atoms with van der Waals surface area (Å²) in [6, 6.07) is 7.07. The Kier molecular flexibility index (Phi) is 6.38. The fraction of sp³-hybridized carbons (Fsp3) is 0.682. The van der Waals surface area contributed by atoms with Crippen molar-refractivity contribution in [3.05, 3.63) is 29.8 Å². The number of hydrogen-bond acceptors (Lipinski definition) is 4. The zero-order valence-electron chi connectivity index (χ0n) is 16.8. The molecule has 0 radical (unpaired) electrons. The first-order valence-electron chi connectivity index (χ1n) is 9.74. The molecule has 0 saturated heterocycles. The third kappa shape index (κ3) is 5.47. The molecule has 1 aromatic carbocycles. The molecule has 4 heteroatoms. The van der Waals surface area contributed by atoms with Crippen LogP contribution in [0.5, 0.6) is 5.75 Å². The number of carbonyl (C=O) groups excluding carboxylic acids is 1. The van der Waals surface area contributed by atoms with E-state index in [1.54, 1.807) is 12.1 Å². The van der Waals surface area contributed by atoms with Crippen molar-refractivity contribution in [2.24, 2.45) is 17.8 Å². The normalized spacial score (nSPS) is 27.8. The standard InChI is InChI=1S/C22H34O4/c1-15-12-17(11-10-16(2)20(24)26-21(3,4)5)14-22(25,13-15)18-8-6-7-9-19(18)23/h6-9,15-17,23,25H,10-14H2,1-5H3. The predicted molar refractivity (Wildman–Crippen MR) is 103 cm³/mol. The van der Waals surface area contributed by atoms with E-state index in [-0.39, 0.29) is 17.6 Å². The lowest BCUT2D eigenvalue weighted by Crippen LogP contribution is -2.36. The Morgan fingerprint density at radius 2 is 1.96 bits per heavy atom. The van der Waals surface area contributed by atoms with Gasteiger partial charge in [0.15, 0.2) is 0 Å². The van der Waals surface area contributed by atoms with Crippen LogP contribution in [-0.2, 0) is 15.1 Å². The van der Waals surface area contributed by atoms with E-state index in [0.29, 0.717) is 30.2 Å².